The molecular formula is C27H31F2N3O2. The number of carbonyl (C=O) groups excluding carboxylic acids is 1. The fraction of sp³-hybridized carbons (Fsp3) is 0.444. The molecule has 3 aromatic rings. The van der Waals surface area contributed by atoms with Gasteiger partial charge in [0.25, 0.3) is 5.91 Å². The number of unbranched alkanes of at least 4 members (excludes halogenated alkanes) is 1. The van der Waals surface area contributed by atoms with Gasteiger partial charge in [0.1, 0.15) is 12.4 Å². The number of aromatic nitrogens is 1. The van der Waals surface area contributed by atoms with Crippen LogP contribution in [0, 0.1) is 11.6 Å². The Morgan fingerprint density at radius 2 is 2.03 bits per heavy atom. The number of hydrogen-bond acceptors (Lipinski definition) is 3. The third kappa shape index (κ3) is 4.41. The van der Waals surface area contributed by atoms with E-state index in [9.17, 15) is 13.6 Å². The van der Waals surface area contributed by atoms with Crippen LogP contribution in [0.3, 0.4) is 0 Å². The number of rotatable bonds is 8. The number of amides is 1. The summed E-state index contributed by atoms with van der Waals surface area (Å²) in [5.74, 6) is -0.621. The smallest absolute Gasteiger partial charge is 0.251 e. The maximum Gasteiger partial charge on any atom is 0.251 e. The monoisotopic (exact) mass is 467 g/mol. The van der Waals surface area contributed by atoms with Crippen LogP contribution < -0.4 is 10.1 Å². The summed E-state index contributed by atoms with van der Waals surface area (Å²) >= 11 is 0. The Balaban J connectivity index is 1.26. The molecule has 0 radical (unpaired) electrons. The molecule has 0 bridgehead atoms. The molecule has 180 valence electrons. The summed E-state index contributed by atoms with van der Waals surface area (Å²) in [6, 6.07) is 8.34. The van der Waals surface area contributed by atoms with Crippen molar-refractivity contribution in [2.24, 2.45) is 0 Å². The number of carbonyl (C=O) groups is 1. The number of benzene rings is 2. The van der Waals surface area contributed by atoms with Crippen molar-refractivity contribution in [1.82, 2.24) is 15.2 Å². The Kier molecular flexibility index (Phi) is 6.55. The van der Waals surface area contributed by atoms with Crippen molar-refractivity contribution in [2.75, 3.05) is 20.2 Å². The average molecular weight is 468 g/mol. The minimum absolute atomic E-state index is 0.116. The molecular weight excluding hydrogens is 436 g/mol. The van der Waals surface area contributed by atoms with Gasteiger partial charge < -0.3 is 15.0 Å². The minimum atomic E-state index is -0.411. The van der Waals surface area contributed by atoms with Gasteiger partial charge in [-0.2, -0.15) is 0 Å². The summed E-state index contributed by atoms with van der Waals surface area (Å²) in [5, 5.41) is 3.61. The van der Waals surface area contributed by atoms with Gasteiger partial charge in [-0.1, -0.05) is 6.42 Å². The number of nitrogens with zero attached hydrogens (tertiary/aromatic N) is 1. The number of halogens is 2. The fourth-order valence-electron chi connectivity index (χ4n) is 5.34. The summed E-state index contributed by atoms with van der Waals surface area (Å²) in [4.78, 5) is 18.1. The molecule has 7 heteroatoms. The van der Waals surface area contributed by atoms with Crippen LogP contribution in [-0.2, 0) is 12.8 Å². The Labute approximate surface area is 198 Å². The zero-order valence-electron chi connectivity index (χ0n) is 19.5. The van der Waals surface area contributed by atoms with Crippen molar-refractivity contribution < 1.29 is 18.3 Å². The van der Waals surface area contributed by atoms with Crippen molar-refractivity contribution in [3.63, 3.8) is 0 Å². The van der Waals surface area contributed by atoms with Gasteiger partial charge in [0.15, 0.2) is 11.6 Å². The summed E-state index contributed by atoms with van der Waals surface area (Å²) in [7, 11) is 1.59. The molecule has 1 atom stereocenters. The topological polar surface area (TPSA) is 57.4 Å². The van der Waals surface area contributed by atoms with E-state index in [-0.39, 0.29) is 23.5 Å². The normalized spacial score (nSPS) is 17.9. The van der Waals surface area contributed by atoms with Gasteiger partial charge in [-0.15, -0.1) is 0 Å². The average Bonchev–Trinajstić information content (AvgIpc) is 3.21. The second kappa shape index (κ2) is 9.74. The molecule has 2 N–H and O–H groups in total. The second-order valence-electron chi connectivity index (χ2n) is 9.43. The summed E-state index contributed by atoms with van der Waals surface area (Å²) in [6.07, 6.45) is 9.03. The van der Waals surface area contributed by atoms with Crippen molar-refractivity contribution >= 4 is 16.8 Å². The molecule has 1 aliphatic heterocycles. The molecule has 1 aliphatic carbocycles. The van der Waals surface area contributed by atoms with E-state index in [1.807, 2.05) is 6.20 Å². The van der Waals surface area contributed by atoms with E-state index in [2.05, 4.69) is 15.2 Å². The van der Waals surface area contributed by atoms with Gasteiger partial charge in [-0.25, -0.2) is 8.78 Å². The quantitative estimate of drug-likeness (QED) is 0.459. The molecule has 0 spiro atoms. The van der Waals surface area contributed by atoms with E-state index in [4.69, 9.17) is 4.74 Å². The van der Waals surface area contributed by atoms with Crippen LogP contribution in [-0.4, -0.2) is 48.1 Å². The Bertz CT molecular complexity index is 1190. The lowest BCUT2D eigenvalue weighted by atomic mass is 9.87. The SMILES string of the molecule is CNC(=O)c1ccc(F)c2c1CC(N(CCCCc1c[nH]c3ccc(F)cc13)C1CCC1)CO2. The molecule has 34 heavy (non-hydrogen) atoms. The van der Waals surface area contributed by atoms with Gasteiger partial charge in [0.2, 0.25) is 0 Å². The molecule has 5 nitrogen and oxygen atoms in total. The highest BCUT2D eigenvalue weighted by molar-refractivity contribution is 5.96. The molecule has 2 heterocycles. The van der Waals surface area contributed by atoms with E-state index >= 15 is 0 Å². The van der Waals surface area contributed by atoms with Crippen LogP contribution in [0.4, 0.5) is 8.78 Å². The van der Waals surface area contributed by atoms with Gasteiger partial charge in [-0.05, 0) is 81.0 Å². The molecule has 2 aromatic carbocycles. The molecule has 2 aliphatic rings. The predicted molar refractivity (Wildman–Crippen MR) is 128 cm³/mol. The molecule has 1 fully saturated rings. The van der Waals surface area contributed by atoms with E-state index < -0.39 is 5.82 Å². The van der Waals surface area contributed by atoms with Crippen LogP contribution in [0.1, 0.15) is 53.6 Å². The Hall–Kier alpha value is -2.93. The number of ether oxygens (including phenoxy) is 1. The van der Waals surface area contributed by atoms with Crippen molar-refractivity contribution in [3.05, 3.63) is 64.9 Å². The van der Waals surface area contributed by atoms with Crippen molar-refractivity contribution in [3.8, 4) is 5.75 Å². The van der Waals surface area contributed by atoms with Gasteiger partial charge in [0, 0.05) is 47.4 Å². The zero-order valence-corrected chi connectivity index (χ0v) is 19.5. The Morgan fingerprint density at radius 3 is 2.79 bits per heavy atom. The first-order chi connectivity index (χ1) is 16.5. The first-order valence-electron chi connectivity index (χ1n) is 12.2. The first-order valence-corrected chi connectivity index (χ1v) is 12.2. The third-order valence-electron chi connectivity index (χ3n) is 7.40. The van der Waals surface area contributed by atoms with Crippen molar-refractivity contribution in [1.29, 1.82) is 0 Å². The van der Waals surface area contributed by atoms with E-state index in [1.54, 1.807) is 25.2 Å². The van der Waals surface area contributed by atoms with Crippen LogP contribution in [0.2, 0.25) is 0 Å². The summed E-state index contributed by atoms with van der Waals surface area (Å²) in [5.41, 5.74) is 3.26. The van der Waals surface area contributed by atoms with E-state index in [0.29, 0.717) is 30.2 Å². The molecule has 1 saturated carbocycles. The second-order valence-corrected chi connectivity index (χ2v) is 9.43. The van der Waals surface area contributed by atoms with E-state index in [1.165, 1.54) is 18.6 Å². The molecule has 0 saturated heterocycles. The van der Waals surface area contributed by atoms with Crippen LogP contribution in [0.5, 0.6) is 5.75 Å². The van der Waals surface area contributed by atoms with Gasteiger partial charge >= 0.3 is 0 Å². The zero-order chi connectivity index (χ0) is 23.7. The molecule has 5 rings (SSSR count). The maximum absolute atomic E-state index is 14.4. The number of H-pyrrole nitrogens is 1. The Morgan fingerprint density at radius 1 is 1.18 bits per heavy atom. The largest absolute Gasteiger partial charge is 0.489 e. The number of hydrogen-bond donors (Lipinski definition) is 2. The first kappa shape index (κ1) is 22.8. The predicted octanol–water partition coefficient (Wildman–Crippen LogP) is 4.99. The van der Waals surface area contributed by atoms with Crippen LogP contribution in [0.25, 0.3) is 10.9 Å². The molecule has 1 amide bonds. The summed E-state index contributed by atoms with van der Waals surface area (Å²) < 4.78 is 34.0. The maximum atomic E-state index is 14.4. The highest BCUT2D eigenvalue weighted by atomic mass is 19.1. The number of aryl methyl sites for hydroxylation is 1. The lowest BCUT2D eigenvalue weighted by molar-refractivity contribution is 0.0416. The molecule has 1 aromatic heterocycles. The lowest BCUT2D eigenvalue weighted by Crippen LogP contribution is -2.51. The van der Waals surface area contributed by atoms with Gasteiger partial charge in [0.05, 0.1) is 0 Å². The molecule has 1 unspecified atom stereocenters. The van der Waals surface area contributed by atoms with Crippen LogP contribution >= 0.6 is 0 Å². The van der Waals surface area contributed by atoms with E-state index in [0.717, 1.165) is 55.1 Å². The number of nitrogens with one attached hydrogen (secondary N) is 2. The van der Waals surface area contributed by atoms with Crippen molar-refractivity contribution in [2.45, 2.75) is 57.0 Å². The minimum Gasteiger partial charge on any atom is -0.489 e. The lowest BCUT2D eigenvalue weighted by Gasteiger charge is -2.44. The number of aromatic amines is 1. The number of fused-ring (bicyclic) bond motifs is 2. The highest BCUT2D eigenvalue weighted by Crippen LogP contribution is 2.35. The van der Waals surface area contributed by atoms with Gasteiger partial charge in [-0.3, -0.25) is 9.69 Å². The highest BCUT2D eigenvalue weighted by Gasteiger charge is 2.35. The van der Waals surface area contributed by atoms with Crippen LogP contribution in [0.15, 0.2) is 36.5 Å². The third-order valence-corrected chi connectivity index (χ3v) is 7.40. The fourth-order valence-corrected chi connectivity index (χ4v) is 5.34. The standard InChI is InChI=1S/C27H31F2N3O2/c1-30-27(33)21-9-10-24(29)26-23(21)14-20(16-34-26)32(19-6-4-7-19)12-3-2-5-17-15-31-25-11-8-18(28)13-22(17)25/h8-11,13,15,19-20,31H,2-7,12,14,16H2,1H3,(H,30,33). The summed E-state index contributed by atoms with van der Waals surface area (Å²) in [6.45, 7) is 1.36.